The van der Waals surface area contributed by atoms with Crippen molar-refractivity contribution in [2.45, 2.75) is 40.2 Å². The number of hydrogen-bond acceptors (Lipinski definition) is 2. The second kappa shape index (κ2) is 4.49. The van der Waals surface area contributed by atoms with Crippen LogP contribution in [-0.4, -0.2) is 30.2 Å². The molecule has 0 saturated carbocycles. The summed E-state index contributed by atoms with van der Waals surface area (Å²) < 4.78 is 5.19. The fraction of sp³-hybridized carbons (Fsp3) is 0.900. The van der Waals surface area contributed by atoms with E-state index in [1.165, 1.54) is 0 Å². The Balaban J connectivity index is 3.97. The Labute approximate surface area is 81.1 Å². The van der Waals surface area contributed by atoms with Gasteiger partial charge in [0.1, 0.15) is 5.60 Å². The molecule has 0 spiro atoms. The number of rotatable bonds is 2. The highest BCUT2D eigenvalue weighted by atomic mass is 16.6. The van der Waals surface area contributed by atoms with Gasteiger partial charge in [0.25, 0.3) is 0 Å². The third-order valence-corrected chi connectivity index (χ3v) is 1.34. The maximum atomic E-state index is 11.4. The highest BCUT2D eigenvalue weighted by molar-refractivity contribution is 5.67. The molecule has 0 unspecified atom stereocenters. The molecular weight excluding hydrogens is 166 g/mol. The average molecular weight is 187 g/mol. The van der Waals surface area contributed by atoms with Crippen molar-refractivity contribution >= 4 is 6.09 Å². The fourth-order valence-electron chi connectivity index (χ4n) is 0.962. The second-order valence-electron chi connectivity index (χ2n) is 4.75. The van der Waals surface area contributed by atoms with Crippen LogP contribution in [0.25, 0.3) is 0 Å². The van der Waals surface area contributed by atoms with Gasteiger partial charge in [0.05, 0.1) is 0 Å². The Morgan fingerprint density at radius 2 is 1.85 bits per heavy atom. The van der Waals surface area contributed by atoms with Crippen LogP contribution in [0.4, 0.5) is 4.79 Å². The Hall–Kier alpha value is -0.730. The highest BCUT2D eigenvalue weighted by Gasteiger charge is 2.19. The molecule has 0 aromatic rings. The van der Waals surface area contributed by atoms with E-state index < -0.39 is 5.60 Å². The van der Waals surface area contributed by atoms with E-state index in [2.05, 4.69) is 13.8 Å². The predicted octanol–water partition coefficient (Wildman–Crippen LogP) is 2.51. The number of carbonyl (C=O) groups excluding carboxylic acids is 1. The van der Waals surface area contributed by atoms with E-state index in [1.54, 1.807) is 11.9 Å². The van der Waals surface area contributed by atoms with Crippen LogP contribution in [0.1, 0.15) is 34.6 Å². The fourth-order valence-corrected chi connectivity index (χ4v) is 0.962. The molecule has 0 aromatic heterocycles. The molecule has 0 fully saturated rings. The molecule has 0 heterocycles. The van der Waals surface area contributed by atoms with Crippen molar-refractivity contribution in [1.82, 2.24) is 4.90 Å². The summed E-state index contributed by atoms with van der Waals surface area (Å²) in [5.41, 5.74) is -0.400. The summed E-state index contributed by atoms with van der Waals surface area (Å²) in [5.74, 6) is 0.470. The lowest BCUT2D eigenvalue weighted by Gasteiger charge is -2.25. The standard InChI is InChI=1S/C10H21NO2/c1-8(2)7-11(6)9(12)13-10(3,4)5/h8H,7H2,1-6H3. The van der Waals surface area contributed by atoms with E-state index in [9.17, 15) is 4.79 Å². The van der Waals surface area contributed by atoms with Crippen molar-refractivity contribution in [3.05, 3.63) is 0 Å². The first-order chi connectivity index (χ1) is 5.72. The molecule has 13 heavy (non-hydrogen) atoms. The molecule has 0 saturated heterocycles. The molecule has 0 rings (SSSR count). The van der Waals surface area contributed by atoms with Crippen molar-refractivity contribution in [2.75, 3.05) is 13.6 Å². The molecule has 0 atom stereocenters. The lowest BCUT2D eigenvalue weighted by atomic mass is 10.2. The molecule has 1 amide bonds. The molecule has 78 valence electrons. The van der Waals surface area contributed by atoms with Crippen LogP contribution in [0, 0.1) is 5.92 Å². The maximum Gasteiger partial charge on any atom is 0.410 e. The van der Waals surface area contributed by atoms with Gasteiger partial charge in [-0.3, -0.25) is 0 Å². The first-order valence-corrected chi connectivity index (χ1v) is 4.66. The van der Waals surface area contributed by atoms with E-state index in [0.717, 1.165) is 6.54 Å². The smallest absolute Gasteiger partial charge is 0.410 e. The van der Waals surface area contributed by atoms with Crippen LogP contribution in [0.3, 0.4) is 0 Å². The van der Waals surface area contributed by atoms with E-state index in [4.69, 9.17) is 4.74 Å². The van der Waals surface area contributed by atoms with Gasteiger partial charge in [0.2, 0.25) is 0 Å². The highest BCUT2D eigenvalue weighted by Crippen LogP contribution is 2.09. The van der Waals surface area contributed by atoms with Gasteiger partial charge in [-0.1, -0.05) is 13.8 Å². The largest absolute Gasteiger partial charge is 0.444 e. The number of hydrogen-bond donors (Lipinski definition) is 0. The molecule has 0 aliphatic heterocycles. The predicted molar refractivity (Wildman–Crippen MR) is 53.7 cm³/mol. The minimum atomic E-state index is -0.400. The molecule has 0 aliphatic rings. The number of amides is 1. The van der Waals surface area contributed by atoms with Crippen molar-refractivity contribution in [3.8, 4) is 0 Å². The topological polar surface area (TPSA) is 29.5 Å². The summed E-state index contributed by atoms with van der Waals surface area (Å²) in [5, 5.41) is 0. The van der Waals surface area contributed by atoms with Gasteiger partial charge in [-0.25, -0.2) is 4.79 Å². The first-order valence-electron chi connectivity index (χ1n) is 4.66. The van der Waals surface area contributed by atoms with Gasteiger partial charge in [-0.2, -0.15) is 0 Å². The van der Waals surface area contributed by atoms with E-state index in [0.29, 0.717) is 5.92 Å². The Bertz CT molecular complexity index is 170. The van der Waals surface area contributed by atoms with Crippen molar-refractivity contribution in [3.63, 3.8) is 0 Å². The number of carbonyl (C=O) groups is 1. The monoisotopic (exact) mass is 187 g/mol. The second-order valence-corrected chi connectivity index (χ2v) is 4.75. The van der Waals surface area contributed by atoms with E-state index in [1.807, 2.05) is 20.8 Å². The molecule has 3 nitrogen and oxygen atoms in total. The molecule has 0 bridgehead atoms. The number of nitrogens with zero attached hydrogens (tertiary/aromatic N) is 1. The van der Waals surface area contributed by atoms with Crippen LogP contribution < -0.4 is 0 Å². The van der Waals surface area contributed by atoms with Crippen LogP contribution in [0.15, 0.2) is 0 Å². The van der Waals surface area contributed by atoms with E-state index in [-0.39, 0.29) is 6.09 Å². The molecule has 0 aromatic carbocycles. The lowest BCUT2D eigenvalue weighted by molar-refractivity contribution is 0.0280. The molecule has 0 N–H and O–H groups in total. The van der Waals surface area contributed by atoms with Gasteiger partial charge in [0, 0.05) is 13.6 Å². The van der Waals surface area contributed by atoms with Crippen molar-refractivity contribution in [2.24, 2.45) is 5.92 Å². The van der Waals surface area contributed by atoms with Crippen molar-refractivity contribution in [1.29, 1.82) is 0 Å². The van der Waals surface area contributed by atoms with Crippen LogP contribution >= 0.6 is 0 Å². The maximum absolute atomic E-state index is 11.4. The zero-order valence-corrected chi connectivity index (χ0v) is 9.55. The third kappa shape index (κ3) is 6.43. The van der Waals surface area contributed by atoms with Gasteiger partial charge >= 0.3 is 6.09 Å². The summed E-state index contributed by atoms with van der Waals surface area (Å²) in [6.45, 7) is 10.5. The summed E-state index contributed by atoms with van der Waals surface area (Å²) >= 11 is 0. The minimum Gasteiger partial charge on any atom is -0.444 e. The van der Waals surface area contributed by atoms with Gasteiger partial charge in [0.15, 0.2) is 0 Å². The third-order valence-electron chi connectivity index (χ3n) is 1.34. The summed E-state index contributed by atoms with van der Waals surface area (Å²) in [6.07, 6.45) is -0.249. The SMILES string of the molecule is CC(C)CN(C)C(=O)OC(C)(C)C. The van der Waals surface area contributed by atoms with Crippen LogP contribution in [-0.2, 0) is 4.74 Å². The Morgan fingerprint density at radius 1 is 1.38 bits per heavy atom. The molecule has 0 radical (unpaired) electrons. The van der Waals surface area contributed by atoms with Gasteiger partial charge < -0.3 is 9.64 Å². The quantitative estimate of drug-likeness (QED) is 0.664. The molecule has 0 aliphatic carbocycles. The molecule has 3 heteroatoms. The Morgan fingerprint density at radius 3 is 2.15 bits per heavy atom. The first kappa shape index (κ1) is 12.3. The van der Waals surface area contributed by atoms with Crippen molar-refractivity contribution < 1.29 is 9.53 Å². The Kier molecular flexibility index (Phi) is 4.24. The summed E-state index contributed by atoms with van der Waals surface area (Å²) in [4.78, 5) is 13.0. The number of ether oxygens (including phenoxy) is 1. The summed E-state index contributed by atoms with van der Waals surface area (Å²) in [7, 11) is 1.76. The zero-order chi connectivity index (χ0) is 10.6. The molecular formula is C10H21NO2. The average Bonchev–Trinajstić information content (AvgIpc) is 1.81. The lowest BCUT2D eigenvalue weighted by Crippen LogP contribution is -2.36. The zero-order valence-electron chi connectivity index (χ0n) is 9.55. The van der Waals surface area contributed by atoms with Gasteiger partial charge in [-0.15, -0.1) is 0 Å². The minimum absolute atomic E-state index is 0.249. The van der Waals surface area contributed by atoms with Crippen LogP contribution in [0.2, 0.25) is 0 Å². The van der Waals surface area contributed by atoms with Crippen LogP contribution in [0.5, 0.6) is 0 Å². The van der Waals surface area contributed by atoms with Gasteiger partial charge in [-0.05, 0) is 26.7 Å². The normalized spacial score (nSPS) is 11.6. The van der Waals surface area contributed by atoms with E-state index >= 15 is 0 Å². The summed E-state index contributed by atoms with van der Waals surface area (Å²) in [6, 6.07) is 0.